The van der Waals surface area contributed by atoms with Gasteiger partial charge in [0, 0.05) is 33.4 Å². The number of hydrogen-bond acceptors (Lipinski definition) is 6. The Kier molecular flexibility index (Phi) is 15.3. The van der Waals surface area contributed by atoms with Crippen LogP contribution < -0.4 is 0 Å². The van der Waals surface area contributed by atoms with Gasteiger partial charge in [-0.15, -0.1) is 0 Å². The third-order valence-electron chi connectivity index (χ3n) is 22.7. The van der Waals surface area contributed by atoms with Crippen LogP contribution in [0, 0.1) is 0 Å². The summed E-state index contributed by atoms with van der Waals surface area (Å²) in [6.07, 6.45) is 0. The van der Waals surface area contributed by atoms with Crippen molar-refractivity contribution in [3.63, 3.8) is 0 Å². The van der Waals surface area contributed by atoms with Crippen molar-refractivity contribution in [3.05, 3.63) is 445 Å². The molecule has 0 radical (unpaired) electrons. The van der Waals surface area contributed by atoms with Gasteiger partial charge in [0.1, 0.15) is 0 Å². The van der Waals surface area contributed by atoms with E-state index in [-0.39, 0.29) is 10.8 Å². The molecule has 22 rings (SSSR count). The maximum atomic E-state index is 5.05. The first-order chi connectivity index (χ1) is 54.5. The van der Waals surface area contributed by atoms with E-state index < -0.39 is 0 Å². The van der Waals surface area contributed by atoms with Crippen LogP contribution in [-0.4, -0.2) is 29.9 Å². The van der Waals surface area contributed by atoms with E-state index >= 15 is 0 Å². The van der Waals surface area contributed by atoms with E-state index in [0.29, 0.717) is 34.9 Å². The molecule has 2 aromatic heterocycles. The maximum Gasteiger partial charge on any atom is 0.164 e. The second kappa shape index (κ2) is 26.2. The fourth-order valence-corrected chi connectivity index (χ4v) is 17.9. The third kappa shape index (κ3) is 10.3. The van der Waals surface area contributed by atoms with E-state index in [1.165, 1.54) is 111 Å². The number of aromatic nitrogens is 6. The van der Waals surface area contributed by atoms with Gasteiger partial charge < -0.3 is 0 Å². The number of fused-ring (bicyclic) bond motifs is 20. The van der Waals surface area contributed by atoms with Gasteiger partial charge in [0.2, 0.25) is 0 Å². The van der Waals surface area contributed by atoms with Crippen LogP contribution in [0.2, 0.25) is 0 Å². The predicted octanol–water partition coefficient (Wildman–Crippen LogP) is 25.1. The van der Waals surface area contributed by atoms with Crippen LogP contribution in [0.15, 0.2) is 400 Å². The molecule has 2 heterocycles. The molecule has 0 bridgehead atoms. The summed E-state index contributed by atoms with van der Waals surface area (Å²) in [7, 11) is 0. The van der Waals surface area contributed by atoms with Gasteiger partial charge in [-0.2, -0.15) is 0 Å². The highest BCUT2D eigenvalue weighted by atomic mass is 15.0. The average molecular weight is 1400 g/mol. The molecule has 4 aliphatic carbocycles. The van der Waals surface area contributed by atoms with Crippen molar-refractivity contribution in [2.75, 3.05) is 0 Å². The third-order valence-corrected chi connectivity index (χ3v) is 22.7. The molecule has 0 unspecified atom stereocenters. The fourth-order valence-electron chi connectivity index (χ4n) is 17.9. The Morgan fingerprint density at radius 2 is 0.336 bits per heavy atom. The first-order valence-corrected chi connectivity index (χ1v) is 37.6. The SMILES string of the molecule is c1ccc(-c2nc(-c3ccccc3)nc(-c3cccc(-c4cccc(-c5ccc6c(c5)C5(c7ccccc7-c7ccccc75)c5ccccc5-6)c4)c3)n2)cc1.c1ccc(-c2nc(-c3ccccc3)nc(-c3ccccc3-c3ccc(-c4ccc5c(c4)C4(c6ccccc6-c6ccccc64)c4ccccc4-5)cc3)n2)cc1. The van der Waals surface area contributed by atoms with Crippen LogP contribution in [0.5, 0.6) is 0 Å². The van der Waals surface area contributed by atoms with Gasteiger partial charge in [-0.05, 0) is 158 Å². The summed E-state index contributed by atoms with van der Waals surface area (Å²) in [5.41, 5.74) is 35.5. The lowest BCUT2D eigenvalue weighted by molar-refractivity contribution is 0.794. The van der Waals surface area contributed by atoms with Gasteiger partial charge >= 0.3 is 0 Å². The maximum absolute atomic E-state index is 5.05. The van der Waals surface area contributed by atoms with Crippen molar-refractivity contribution in [3.8, 4) is 157 Å². The minimum Gasteiger partial charge on any atom is -0.208 e. The summed E-state index contributed by atoms with van der Waals surface area (Å²) in [5, 5.41) is 0. The quantitative estimate of drug-likeness (QED) is 0.136. The predicted molar refractivity (Wildman–Crippen MR) is 447 cm³/mol. The van der Waals surface area contributed by atoms with Crippen LogP contribution in [0.4, 0.5) is 0 Å². The number of rotatable bonds is 10. The Bertz CT molecular complexity index is 6410. The van der Waals surface area contributed by atoms with Crippen molar-refractivity contribution >= 4 is 0 Å². The first kappa shape index (κ1) is 64.0. The summed E-state index contributed by atoms with van der Waals surface area (Å²) >= 11 is 0. The van der Waals surface area contributed by atoms with Gasteiger partial charge in [-0.1, -0.05) is 376 Å². The lowest BCUT2D eigenvalue weighted by Crippen LogP contribution is -2.25. The molecule has 0 aliphatic heterocycles. The zero-order valence-electron chi connectivity index (χ0n) is 59.8. The van der Waals surface area contributed by atoms with Crippen molar-refractivity contribution in [2.24, 2.45) is 0 Å². The van der Waals surface area contributed by atoms with Crippen LogP contribution in [0.25, 0.3) is 157 Å². The van der Waals surface area contributed by atoms with Crippen molar-refractivity contribution < 1.29 is 0 Å². The van der Waals surface area contributed by atoms with E-state index in [1.807, 2.05) is 121 Å². The van der Waals surface area contributed by atoms with E-state index in [0.717, 1.165) is 55.6 Å². The van der Waals surface area contributed by atoms with Gasteiger partial charge in [0.05, 0.1) is 10.8 Å². The monoisotopic (exact) mass is 1400 g/mol. The highest BCUT2D eigenvalue weighted by molar-refractivity contribution is 5.98. The molecule has 0 saturated carbocycles. The zero-order chi connectivity index (χ0) is 72.7. The molecule has 6 nitrogen and oxygen atoms in total. The molecule has 16 aromatic carbocycles. The van der Waals surface area contributed by atoms with Gasteiger partial charge in [-0.25, -0.2) is 29.9 Å². The summed E-state index contributed by atoms with van der Waals surface area (Å²) in [6.45, 7) is 0. The molecular formula is C104H66N6. The van der Waals surface area contributed by atoms with E-state index in [1.54, 1.807) is 0 Å². The Morgan fingerprint density at radius 3 is 0.682 bits per heavy atom. The van der Waals surface area contributed by atoms with Crippen molar-refractivity contribution in [2.45, 2.75) is 10.8 Å². The molecule has 0 saturated heterocycles. The largest absolute Gasteiger partial charge is 0.208 e. The second-order valence-corrected chi connectivity index (χ2v) is 28.7. The smallest absolute Gasteiger partial charge is 0.164 e. The van der Waals surface area contributed by atoms with Gasteiger partial charge in [0.25, 0.3) is 0 Å². The normalized spacial score (nSPS) is 12.9. The zero-order valence-corrected chi connectivity index (χ0v) is 59.8. The fraction of sp³-hybridized carbons (Fsp3) is 0.0192. The summed E-state index contributed by atoms with van der Waals surface area (Å²) in [6, 6.07) is 143. The molecule has 512 valence electrons. The molecule has 0 amide bonds. The summed E-state index contributed by atoms with van der Waals surface area (Å²) in [4.78, 5) is 29.9. The van der Waals surface area contributed by atoms with Crippen LogP contribution in [0.1, 0.15) is 44.5 Å². The highest BCUT2D eigenvalue weighted by Crippen LogP contribution is 2.65. The average Bonchev–Trinajstić information content (AvgIpc) is 1.52. The lowest BCUT2D eigenvalue weighted by atomic mass is 9.70. The molecule has 0 atom stereocenters. The molecule has 18 aromatic rings. The number of nitrogens with zero attached hydrogens (tertiary/aromatic N) is 6. The van der Waals surface area contributed by atoms with Gasteiger partial charge in [-0.3, -0.25) is 0 Å². The Labute approximate surface area is 638 Å². The van der Waals surface area contributed by atoms with E-state index in [9.17, 15) is 0 Å². The number of benzene rings is 16. The topological polar surface area (TPSA) is 77.3 Å². The standard InChI is InChI=1S/2C52H33N3/c1-3-15-34(16-4-1)49-53-50(35-17-5-2-6-18-35)55-51(54-49)40-22-14-21-38(32-40)36-19-13-20-37(31-36)39-29-30-44-43-25-9-12-28-47(43)52(48(44)33-39)45-26-10-7-23-41(45)42-24-8-11-27-46(42)52;1-3-15-36(16-4-1)49-53-50(37-17-5-2-6-18-37)55-51(54-49)44-23-8-7-19-39(44)35-29-27-34(28-30-35)38-31-32-43-42-22-11-14-26-47(42)52(48(43)33-38)45-24-12-9-20-40(45)41-21-10-13-25-46(41)52/h2*1-33H. The van der Waals surface area contributed by atoms with Crippen LogP contribution in [-0.2, 0) is 10.8 Å². The Morgan fingerprint density at radius 1 is 0.118 bits per heavy atom. The Balaban J connectivity index is 0.000000140. The molecule has 0 fully saturated rings. The number of hydrogen-bond donors (Lipinski definition) is 0. The summed E-state index contributed by atoms with van der Waals surface area (Å²) in [5.74, 6) is 3.90. The molecule has 0 N–H and O–H groups in total. The van der Waals surface area contributed by atoms with E-state index in [2.05, 4.69) is 279 Å². The van der Waals surface area contributed by atoms with Crippen LogP contribution in [0.3, 0.4) is 0 Å². The van der Waals surface area contributed by atoms with Crippen LogP contribution >= 0.6 is 0 Å². The molecule has 4 aliphatic rings. The molecule has 6 heteroatoms. The lowest BCUT2D eigenvalue weighted by Gasteiger charge is -2.30. The highest BCUT2D eigenvalue weighted by Gasteiger charge is 2.53. The van der Waals surface area contributed by atoms with Gasteiger partial charge in [0.15, 0.2) is 34.9 Å². The van der Waals surface area contributed by atoms with Crippen molar-refractivity contribution in [1.82, 2.24) is 29.9 Å². The minimum atomic E-state index is -0.372. The molecular weight excluding hydrogens is 1330 g/mol. The minimum absolute atomic E-state index is 0.365. The van der Waals surface area contributed by atoms with E-state index in [4.69, 9.17) is 29.9 Å². The van der Waals surface area contributed by atoms with Crippen molar-refractivity contribution in [1.29, 1.82) is 0 Å². The Hall–Kier alpha value is -14.5. The molecule has 2 spiro atoms. The summed E-state index contributed by atoms with van der Waals surface area (Å²) < 4.78 is 0. The first-order valence-electron chi connectivity index (χ1n) is 37.6. The second-order valence-electron chi connectivity index (χ2n) is 28.7. The molecule has 110 heavy (non-hydrogen) atoms.